The van der Waals surface area contributed by atoms with Crippen LogP contribution >= 0.6 is 0 Å². The molecule has 6 nitrogen and oxygen atoms in total. The number of carbonyl (C=O) groups is 1. The SMILES string of the molecule is CC1(C)Cc2cccc(CN3CCC(CNC(=O)Cn4ccc(C(F)(F)F)n4)CC3)c2O1. The van der Waals surface area contributed by atoms with Gasteiger partial charge in [0.05, 0.1) is 0 Å². The third kappa shape index (κ3) is 5.43. The summed E-state index contributed by atoms with van der Waals surface area (Å²) in [5.74, 6) is 1.05. The number of halogens is 3. The summed E-state index contributed by atoms with van der Waals surface area (Å²) in [5, 5.41) is 6.25. The van der Waals surface area contributed by atoms with E-state index < -0.39 is 11.9 Å². The van der Waals surface area contributed by atoms with Crippen LogP contribution in [0.1, 0.15) is 43.5 Å². The summed E-state index contributed by atoms with van der Waals surface area (Å²) in [6, 6.07) is 7.23. The number of rotatable bonds is 6. The number of amides is 1. The van der Waals surface area contributed by atoms with Gasteiger partial charge in [0.2, 0.25) is 5.91 Å². The third-order valence-corrected chi connectivity index (χ3v) is 6.10. The number of para-hydroxylation sites is 1. The molecule has 1 amide bonds. The number of nitrogens with one attached hydrogen (secondary N) is 1. The third-order valence-electron chi connectivity index (χ3n) is 6.10. The Morgan fingerprint density at radius 2 is 2.00 bits per heavy atom. The van der Waals surface area contributed by atoms with Crippen molar-refractivity contribution in [3.8, 4) is 5.75 Å². The summed E-state index contributed by atoms with van der Waals surface area (Å²) in [4.78, 5) is 14.5. The summed E-state index contributed by atoms with van der Waals surface area (Å²) < 4.78 is 45.0. The van der Waals surface area contributed by atoms with E-state index in [0.29, 0.717) is 12.5 Å². The second-order valence-corrected chi connectivity index (χ2v) is 9.36. The van der Waals surface area contributed by atoms with Gasteiger partial charge in [0.1, 0.15) is 17.9 Å². The van der Waals surface area contributed by atoms with E-state index in [1.807, 2.05) is 0 Å². The van der Waals surface area contributed by atoms with Crippen LogP contribution in [0.4, 0.5) is 13.2 Å². The summed E-state index contributed by atoms with van der Waals surface area (Å²) in [6.45, 7) is 7.24. The first kappa shape index (κ1) is 22.6. The van der Waals surface area contributed by atoms with Crippen LogP contribution in [0.2, 0.25) is 0 Å². The van der Waals surface area contributed by atoms with Crippen molar-refractivity contribution < 1.29 is 22.7 Å². The molecule has 1 fully saturated rings. The first-order valence-electron chi connectivity index (χ1n) is 11.0. The van der Waals surface area contributed by atoms with Gasteiger partial charge in [-0.3, -0.25) is 14.4 Å². The van der Waals surface area contributed by atoms with Crippen molar-refractivity contribution in [3.63, 3.8) is 0 Å². The maximum absolute atomic E-state index is 12.6. The Hall–Kier alpha value is -2.55. The fourth-order valence-corrected chi connectivity index (χ4v) is 4.46. The highest BCUT2D eigenvalue weighted by molar-refractivity contribution is 5.75. The van der Waals surface area contributed by atoms with Gasteiger partial charge in [0, 0.05) is 31.3 Å². The molecule has 0 aliphatic carbocycles. The summed E-state index contributed by atoms with van der Waals surface area (Å²) in [6.07, 6.45) is -0.485. The molecule has 2 aromatic rings. The highest BCUT2D eigenvalue weighted by Gasteiger charge is 2.34. The molecule has 2 aliphatic heterocycles. The fourth-order valence-electron chi connectivity index (χ4n) is 4.46. The Morgan fingerprint density at radius 1 is 1.25 bits per heavy atom. The first-order chi connectivity index (χ1) is 15.1. The molecule has 0 unspecified atom stereocenters. The molecule has 0 radical (unpaired) electrons. The molecular weight excluding hydrogens is 421 g/mol. The molecule has 1 N–H and O–H groups in total. The number of hydrogen-bond acceptors (Lipinski definition) is 4. The van der Waals surface area contributed by atoms with Crippen LogP contribution in [-0.4, -0.2) is 45.8 Å². The highest BCUT2D eigenvalue weighted by atomic mass is 19.4. The number of hydrogen-bond donors (Lipinski definition) is 1. The average Bonchev–Trinajstić information content (AvgIpc) is 3.31. The standard InChI is InChI=1S/C23H29F3N4O2/c1-22(2)12-17-4-3-5-18(21(17)32-22)14-29-9-6-16(7-10-29)13-27-20(31)15-30-11-8-19(28-30)23(24,25)26/h3-5,8,11,16H,6-7,9-10,12-15H2,1-2H3,(H,27,31). The minimum Gasteiger partial charge on any atom is -0.487 e. The molecule has 0 saturated carbocycles. The van der Waals surface area contributed by atoms with Gasteiger partial charge >= 0.3 is 6.18 Å². The molecule has 0 bridgehead atoms. The molecule has 1 aromatic carbocycles. The van der Waals surface area contributed by atoms with Gasteiger partial charge < -0.3 is 10.1 Å². The normalized spacial score (nSPS) is 18.9. The topological polar surface area (TPSA) is 59.4 Å². The highest BCUT2D eigenvalue weighted by Crippen LogP contribution is 2.38. The van der Waals surface area contributed by atoms with Crippen molar-refractivity contribution in [1.82, 2.24) is 20.0 Å². The zero-order valence-corrected chi connectivity index (χ0v) is 18.4. The predicted octanol–water partition coefficient (Wildman–Crippen LogP) is 3.64. The maximum atomic E-state index is 12.6. The lowest BCUT2D eigenvalue weighted by Crippen LogP contribution is -2.39. The number of nitrogens with zero attached hydrogens (tertiary/aromatic N) is 3. The number of fused-ring (bicyclic) bond motifs is 1. The zero-order chi connectivity index (χ0) is 22.9. The van der Waals surface area contributed by atoms with Crippen LogP contribution in [0.3, 0.4) is 0 Å². The lowest BCUT2D eigenvalue weighted by molar-refractivity contribution is -0.141. The van der Waals surface area contributed by atoms with Crippen LogP contribution in [0, 0.1) is 5.92 Å². The van der Waals surface area contributed by atoms with Gasteiger partial charge in [0.25, 0.3) is 0 Å². The molecule has 0 spiro atoms. The van der Waals surface area contributed by atoms with E-state index in [4.69, 9.17) is 4.74 Å². The van der Waals surface area contributed by atoms with Crippen molar-refractivity contribution in [3.05, 3.63) is 47.3 Å². The number of benzene rings is 1. The van der Waals surface area contributed by atoms with E-state index in [1.54, 1.807) is 0 Å². The van der Waals surface area contributed by atoms with Crippen LogP contribution in [0.25, 0.3) is 0 Å². The quantitative estimate of drug-likeness (QED) is 0.730. The van der Waals surface area contributed by atoms with Crippen molar-refractivity contribution >= 4 is 5.91 Å². The monoisotopic (exact) mass is 450 g/mol. The van der Waals surface area contributed by atoms with Crippen molar-refractivity contribution in [2.45, 2.75) is 58.0 Å². The molecule has 1 aromatic heterocycles. The molecule has 4 rings (SSSR count). The summed E-state index contributed by atoms with van der Waals surface area (Å²) in [5.41, 5.74) is 1.34. The van der Waals surface area contributed by atoms with E-state index in [1.165, 1.54) is 17.3 Å². The Bertz CT molecular complexity index is 962. The molecule has 0 atom stereocenters. The summed E-state index contributed by atoms with van der Waals surface area (Å²) >= 11 is 0. The number of likely N-dealkylation sites (tertiary alicyclic amines) is 1. The second-order valence-electron chi connectivity index (χ2n) is 9.36. The van der Waals surface area contributed by atoms with Gasteiger partial charge in [-0.25, -0.2) is 0 Å². The van der Waals surface area contributed by atoms with Gasteiger partial charge in [-0.1, -0.05) is 18.2 Å². The van der Waals surface area contributed by atoms with E-state index >= 15 is 0 Å². The predicted molar refractivity (Wildman–Crippen MR) is 113 cm³/mol. The minimum atomic E-state index is -4.50. The van der Waals surface area contributed by atoms with Crippen LogP contribution < -0.4 is 10.1 Å². The van der Waals surface area contributed by atoms with Crippen molar-refractivity contribution in [2.75, 3.05) is 19.6 Å². The second kappa shape index (κ2) is 8.77. The van der Waals surface area contributed by atoms with Gasteiger partial charge in [-0.05, 0) is 57.3 Å². The zero-order valence-electron chi connectivity index (χ0n) is 18.4. The van der Waals surface area contributed by atoms with E-state index in [9.17, 15) is 18.0 Å². The maximum Gasteiger partial charge on any atom is 0.435 e. The van der Waals surface area contributed by atoms with Crippen molar-refractivity contribution in [2.24, 2.45) is 5.92 Å². The molecule has 2 aliphatic rings. The fraction of sp³-hybridized carbons (Fsp3) is 0.565. The molecule has 9 heteroatoms. The molecule has 32 heavy (non-hydrogen) atoms. The van der Waals surface area contributed by atoms with E-state index in [-0.39, 0.29) is 18.1 Å². The smallest absolute Gasteiger partial charge is 0.435 e. The van der Waals surface area contributed by atoms with Crippen LogP contribution in [0.5, 0.6) is 5.75 Å². The summed E-state index contributed by atoms with van der Waals surface area (Å²) in [7, 11) is 0. The lowest BCUT2D eigenvalue weighted by Gasteiger charge is -2.32. The van der Waals surface area contributed by atoms with Crippen LogP contribution in [-0.2, 0) is 30.5 Å². The van der Waals surface area contributed by atoms with Crippen LogP contribution in [0.15, 0.2) is 30.5 Å². The van der Waals surface area contributed by atoms with Gasteiger partial charge in [0.15, 0.2) is 5.69 Å². The Balaban J connectivity index is 1.21. The molecule has 174 valence electrons. The lowest BCUT2D eigenvalue weighted by atomic mass is 9.96. The Labute approximate surface area is 185 Å². The van der Waals surface area contributed by atoms with E-state index in [0.717, 1.165) is 55.4 Å². The molecule has 1 saturated heterocycles. The van der Waals surface area contributed by atoms with Gasteiger partial charge in [-0.2, -0.15) is 18.3 Å². The minimum absolute atomic E-state index is 0.159. The van der Waals surface area contributed by atoms with Gasteiger partial charge in [-0.15, -0.1) is 0 Å². The first-order valence-corrected chi connectivity index (χ1v) is 11.0. The number of piperidine rings is 1. The average molecular weight is 451 g/mol. The Morgan fingerprint density at radius 3 is 2.69 bits per heavy atom. The number of aromatic nitrogens is 2. The Kier molecular flexibility index (Phi) is 6.20. The molecule has 3 heterocycles. The van der Waals surface area contributed by atoms with Crippen molar-refractivity contribution in [1.29, 1.82) is 0 Å². The molecular formula is C23H29F3N4O2. The number of ether oxygens (including phenoxy) is 1. The largest absolute Gasteiger partial charge is 0.487 e. The van der Waals surface area contributed by atoms with E-state index in [2.05, 4.69) is 47.4 Å². The number of carbonyl (C=O) groups excluding carboxylic acids is 1. The number of alkyl halides is 3.